The Bertz CT molecular complexity index is 1090. The zero-order chi connectivity index (χ0) is 22.2. The van der Waals surface area contributed by atoms with Gasteiger partial charge in [0.05, 0.1) is 19.2 Å². The fraction of sp³-hybridized carbons (Fsp3) is 0.409. The van der Waals surface area contributed by atoms with Gasteiger partial charge in [-0.1, -0.05) is 12.1 Å². The Morgan fingerprint density at radius 2 is 1.97 bits per heavy atom. The lowest BCUT2D eigenvalue weighted by Crippen LogP contribution is -2.40. The topological polar surface area (TPSA) is 59.7 Å². The van der Waals surface area contributed by atoms with Gasteiger partial charge in [-0.15, -0.1) is 0 Å². The maximum absolute atomic E-state index is 13.6. The molecule has 3 aromatic rings. The summed E-state index contributed by atoms with van der Waals surface area (Å²) in [5.74, 6) is 0.410. The van der Waals surface area contributed by atoms with Crippen LogP contribution >= 0.6 is 0 Å². The molecule has 0 aliphatic carbocycles. The minimum Gasteiger partial charge on any atom is -0.497 e. The molecule has 3 heterocycles. The normalized spacial score (nSPS) is 17.2. The average molecular weight is 432 g/mol. The van der Waals surface area contributed by atoms with Gasteiger partial charge in [0.25, 0.3) is 0 Å². The Morgan fingerprint density at radius 3 is 2.65 bits per heavy atom. The van der Waals surface area contributed by atoms with Gasteiger partial charge in [-0.2, -0.15) is 18.3 Å². The zero-order valence-corrected chi connectivity index (χ0v) is 17.3. The second-order valence-corrected chi connectivity index (χ2v) is 7.82. The number of aryl methyl sites for hydroxylation is 1. The molecule has 1 amide bonds. The Morgan fingerprint density at radius 1 is 1.23 bits per heavy atom. The number of ether oxygens (including phenoxy) is 1. The van der Waals surface area contributed by atoms with Gasteiger partial charge >= 0.3 is 6.18 Å². The molecule has 164 valence electrons. The monoisotopic (exact) mass is 432 g/mol. The SMILES string of the molecule is COc1ccc(CC(=O)N2CCCC(c3cc(C(F)(F)F)n4nc(C)cc4n3)C2)cc1. The van der Waals surface area contributed by atoms with Crippen LogP contribution in [-0.4, -0.2) is 45.6 Å². The summed E-state index contributed by atoms with van der Waals surface area (Å²) in [4.78, 5) is 19.0. The predicted octanol–water partition coefficient (Wildman–Crippen LogP) is 4.01. The van der Waals surface area contributed by atoms with Crippen LogP contribution in [-0.2, 0) is 17.4 Å². The van der Waals surface area contributed by atoms with Gasteiger partial charge in [0.1, 0.15) is 11.4 Å². The molecule has 1 aliphatic rings. The number of halogens is 3. The summed E-state index contributed by atoms with van der Waals surface area (Å²) < 4.78 is 46.8. The van der Waals surface area contributed by atoms with Crippen molar-refractivity contribution in [3.8, 4) is 5.75 Å². The molecule has 2 aromatic heterocycles. The van der Waals surface area contributed by atoms with E-state index in [-0.39, 0.29) is 23.9 Å². The molecule has 1 fully saturated rings. The van der Waals surface area contributed by atoms with Crippen molar-refractivity contribution < 1.29 is 22.7 Å². The molecule has 6 nitrogen and oxygen atoms in total. The Balaban J connectivity index is 1.55. The van der Waals surface area contributed by atoms with Crippen LogP contribution in [0.5, 0.6) is 5.75 Å². The highest BCUT2D eigenvalue weighted by molar-refractivity contribution is 5.79. The number of fused-ring (bicyclic) bond motifs is 1. The number of nitrogens with zero attached hydrogens (tertiary/aromatic N) is 4. The molecular weight excluding hydrogens is 409 g/mol. The van der Waals surface area contributed by atoms with Crippen LogP contribution in [0.1, 0.15) is 41.4 Å². The predicted molar refractivity (Wildman–Crippen MR) is 108 cm³/mol. The van der Waals surface area contributed by atoms with Crippen molar-refractivity contribution in [2.24, 2.45) is 0 Å². The van der Waals surface area contributed by atoms with Crippen molar-refractivity contribution in [2.75, 3.05) is 20.2 Å². The van der Waals surface area contributed by atoms with Crippen LogP contribution in [0.3, 0.4) is 0 Å². The summed E-state index contributed by atoms with van der Waals surface area (Å²) in [7, 11) is 1.58. The third kappa shape index (κ3) is 4.50. The van der Waals surface area contributed by atoms with Crippen LogP contribution < -0.4 is 4.74 Å². The second-order valence-electron chi connectivity index (χ2n) is 7.82. The molecule has 1 aromatic carbocycles. The van der Waals surface area contributed by atoms with E-state index in [0.717, 1.165) is 16.1 Å². The first-order chi connectivity index (χ1) is 14.7. The standard InChI is InChI=1S/C22H23F3N4O2/c1-14-10-20-26-18(12-19(22(23,24)25)29(20)27-14)16-4-3-9-28(13-16)21(30)11-15-5-7-17(31-2)8-6-15/h5-8,10,12,16H,3-4,9,11,13H2,1-2H3. The number of rotatable bonds is 4. The number of benzene rings is 1. The zero-order valence-electron chi connectivity index (χ0n) is 17.3. The maximum Gasteiger partial charge on any atom is 0.433 e. The van der Waals surface area contributed by atoms with Gasteiger partial charge < -0.3 is 9.64 Å². The van der Waals surface area contributed by atoms with E-state index in [1.165, 1.54) is 6.07 Å². The fourth-order valence-corrected chi connectivity index (χ4v) is 3.99. The number of amides is 1. The van der Waals surface area contributed by atoms with Crippen molar-refractivity contribution >= 4 is 11.6 Å². The first-order valence-electron chi connectivity index (χ1n) is 10.1. The largest absolute Gasteiger partial charge is 0.497 e. The number of aromatic nitrogens is 3. The van der Waals surface area contributed by atoms with E-state index in [0.29, 0.717) is 43.1 Å². The lowest BCUT2D eigenvalue weighted by Gasteiger charge is -2.33. The molecule has 1 saturated heterocycles. The highest BCUT2D eigenvalue weighted by atomic mass is 19.4. The van der Waals surface area contributed by atoms with Gasteiger partial charge in [0.2, 0.25) is 5.91 Å². The maximum atomic E-state index is 13.6. The lowest BCUT2D eigenvalue weighted by molar-refractivity contribution is -0.142. The molecule has 1 atom stereocenters. The molecule has 1 aliphatic heterocycles. The molecular formula is C22H23F3N4O2. The van der Waals surface area contributed by atoms with Gasteiger partial charge in [0, 0.05) is 30.8 Å². The molecule has 0 N–H and O–H groups in total. The molecule has 1 unspecified atom stereocenters. The third-order valence-corrected chi connectivity index (χ3v) is 5.57. The minimum atomic E-state index is -4.55. The van der Waals surface area contributed by atoms with Crippen molar-refractivity contribution in [3.05, 3.63) is 59.0 Å². The molecule has 0 saturated carbocycles. The minimum absolute atomic E-state index is 0.0489. The number of likely N-dealkylation sites (tertiary alicyclic amines) is 1. The number of hydrogen-bond donors (Lipinski definition) is 0. The number of piperidine rings is 1. The highest BCUT2D eigenvalue weighted by Gasteiger charge is 2.36. The van der Waals surface area contributed by atoms with Crippen LogP contribution in [0.2, 0.25) is 0 Å². The highest BCUT2D eigenvalue weighted by Crippen LogP contribution is 2.33. The van der Waals surface area contributed by atoms with E-state index in [1.54, 1.807) is 31.1 Å². The summed E-state index contributed by atoms with van der Waals surface area (Å²) in [6, 6.07) is 9.88. The van der Waals surface area contributed by atoms with Crippen molar-refractivity contribution in [1.82, 2.24) is 19.5 Å². The van der Waals surface area contributed by atoms with Crippen molar-refractivity contribution in [2.45, 2.75) is 38.3 Å². The van der Waals surface area contributed by atoms with E-state index in [9.17, 15) is 18.0 Å². The fourth-order valence-electron chi connectivity index (χ4n) is 3.99. The molecule has 31 heavy (non-hydrogen) atoms. The molecule has 4 rings (SSSR count). The average Bonchev–Trinajstić information content (AvgIpc) is 3.12. The summed E-state index contributed by atoms with van der Waals surface area (Å²) >= 11 is 0. The van der Waals surface area contributed by atoms with E-state index < -0.39 is 11.9 Å². The first kappa shape index (κ1) is 21.1. The van der Waals surface area contributed by atoms with Crippen molar-refractivity contribution in [1.29, 1.82) is 0 Å². The van der Waals surface area contributed by atoms with Crippen LogP contribution in [0.25, 0.3) is 5.65 Å². The Hall–Kier alpha value is -3.10. The van der Waals surface area contributed by atoms with Crippen LogP contribution in [0, 0.1) is 6.92 Å². The molecule has 9 heteroatoms. The van der Waals surface area contributed by atoms with Crippen molar-refractivity contribution in [3.63, 3.8) is 0 Å². The van der Waals surface area contributed by atoms with Gasteiger partial charge in [-0.05, 0) is 43.5 Å². The van der Waals surface area contributed by atoms with E-state index in [4.69, 9.17) is 4.74 Å². The van der Waals surface area contributed by atoms with Crippen LogP contribution in [0.4, 0.5) is 13.2 Å². The van der Waals surface area contributed by atoms with E-state index >= 15 is 0 Å². The van der Waals surface area contributed by atoms with Crippen LogP contribution in [0.15, 0.2) is 36.4 Å². The Kier molecular flexibility index (Phi) is 5.60. The number of carbonyl (C=O) groups excluding carboxylic acids is 1. The quantitative estimate of drug-likeness (QED) is 0.625. The van der Waals surface area contributed by atoms with Gasteiger partial charge in [0.15, 0.2) is 5.65 Å². The number of alkyl halides is 3. The summed E-state index contributed by atoms with van der Waals surface area (Å²) in [5, 5.41) is 3.93. The summed E-state index contributed by atoms with van der Waals surface area (Å²) in [6.45, 7) is 2.57. The summed E-state index contributed by atoms with van der Waals surface area (Å²) in [5.41, 5.74) is 1.00. The van der Waals surface area contributed by atoms with Gasteiger partial charge in [-0.25, -0.2) is 9.50 Å². The number of methoxy groups -OCH3 is 1. The van der Waals surface area contributed by atoms with E-state index in [2.05, 4.69) is 10.1 Å². The Labute approximate surface area is 177 Å². The second kappa shape index (κ2) is 8.20. The molecule has 0 bridgehead atoms. The first-order valence-corrected chi connectivity index (χ1v) is 10.1. The number of hydrogen-bond acceptors (Lipinski definition) is 4. The summed E-state index contributed by atoms with van der Waals surface area (Å²) in [6.07, 6.45) is -2.92. The smallest absolute Gasteiger partial charge is 0.433 e. The van der Waals surface area contributed by atoms with E-state index in [1.807, 2.05) is 12.1 Å². The molecule has 0 spiro atoms. The number of carbonyl (C=O) groups is 1. The third-order valence-electron chi connectivity index (χ3n) is 5.57. The van der Waals surface area contributed by atoms with Gasteiger partial charge in [-0.3, -0.25) is 4.79 Å². The molecule has 0 radical (unpaired) electrons. The lowest BCUT2D eigenvalue weighted by atomic mass is 9.93.